The third-order valence-electron chi connectivity index (χ3n) is 4.27. The van der Waals surface area contributed by atoms with Crippen LogP contribution in [0.25, 0.3) is 11.0 Å². The van der Waals surface area contributed by atoms with Crippen LogP contribution in [0.15, 0.2) is 18.2 Å². The maximum absolute atomic E-state index is 5.48. The Bertz CT molecular complexity index is 670. The largest absolute Gasteiger partial charge is 0.497 e. The predicted octanol–water partition coefficient (Wildman–Crippen LogP) is 3.52. The summed E-state index contributed by atoms with van der Waals surface area (Å²) in [4.78, 5) is 3.28. The minimum absolute atomic E-state index is 0.367. The van der Waals surface area contributed by atoms with Gasteiger partial charge in [-0.05, 0) is 49.0 Å². The van der Waals surface area contributed by atoms with E-state index in [1.165, 1.54) is 12.8 Å². The van der Waals surface area contributed by atoms with Crippen LogP contribution in [0.1, 0.15) is 19.3 Å². The first-order chi connectivity index (χ1) is 9.67. The summed E-state index contributed by atoms with van der Waals surface area (Å²) in [6.07, 6.45) is 3.62. The van der Waals surface area contributed by atoms with Gasteiger partial charge in [0, 0.05) is 26.3 Å². The first-order valence-electron chi connectivity index (χ1n) is 6.93. The minimum atomic E-state index is 0.367. The highest BCUT2D eigenvalue weighted by atomic mass is 32.1. The van der Waals surface area contributed by atoms with E-state index in [4.69, 9.17) is 21.7 Å². The van der Waals surface area contributed by atoms with Crippen LogP contribution in [0.2, 0.25) is 0 Å². The second kappa shape index (κ2) is 5.22. The van der Waals surface area contributed by atoms with Crippen molar-refractivity contribution in [1.29, 1.82) is 0 Å². The van der Waals surface area contributed by atoms with Gasteiger partial charge in [-0.3, -0.25) is 0 Å². The van der Waals surface area contributed by atoms with E-state index in [9.17, 15) is 0 Å². The first kappa shape index (κ1) is 13.6. The molecule has 4 nitrogen and oxygen atoms in total. The third-order valence-corrected chi connectivity index (χ3v) is 4.59. The van der Waals surface area contributed by atoms with Crippen LogP contribution in [-0.2, 0) is 11.3 Å². The standard InChI is InChI=1S/C15H20N2O2S/c1-18-8-7-15(5-6-15)10-17-13-9-11(19-2)3-4-12(13)16-14(17)20/h3-4,9H,5-8,10H2,1-2H3,(H,16,20). The summed E-state index contributed by atoms with van der Waals surface area (Å²) in [7, 11) is 3.45. The maximum Gasteiger partial charge on any atom is 0.178 e. The fourth-order valence-corrected chi connectivity index (χ4v) is 3.01. The van der Waals surface area contributed by atoms with Crippen LogP contribution in [0.3, 0.4) is 0 Å². The van der Waals surface area contributed by atoms with Gasteiger partial charge in [0.25, 0.3) is 0 Å². The van der Waals surface area contributed by atoms with Gasteiger partial charge in [0.1, 0.15) is 5.75 Å². The molecule has 0 amide bonds. The third kappa shape index (κ3) is 2.47. The molecule has 1 aromatic carbocycles. The molecule has 0 aliphatic heterocycles. The van der Waals surface area contributed by atoms with E-state index in [1.807, 2.05) is 18.2 Å². The zero-order chi connectivity index (χ0) is 14.2. The van der Waals surface area contributed by atoms with Gasteiger partial charge in [-0.1, -0.05) is 0 Å². The number of imidazole rings is 1. The number of hydrogen-bond acceptors (Lipinski definition) is 3. The Labute approximate surface area is 123 Å². The van der Waals surface area contributed by atoms with Crippen molar-refractivity contribution in [3.05, 3.63) is 23.0 Å². The highest BCUT2D eigenvalue weighted by Gasteiger charge is 2.42. The van der Waals surface area contributed by atoms with Crippen molar-refractivity contribution in [2.75, 3.05) is 20.8 Å². The molecule has 3 rings (SSSR count). The number of aromatic amines is 1. The number of ether oxygens (including phenoxy) is 2. The van der Waals surface area contributed by atoms with Gasteiger partial charge in [0.15, 0.2) is 4.77 Å². The average molecular weight is 292 g/mol. The van der Waals surface area contributed by atoms with Gasteiger partial charge >= 0.3 is 0 Å². The Morgan fingerprint density at radius 1 is 1.35 bits per heavy atom. The summed E-state index contributed by atoms with van der Waals surface area (Å²) in [6, 6.07) is 6.03. The monoisotopic (exact) mass is 292 g/mol. The molecule has 0 radical (unpaired) electrons. The summed E-state index contributed by atoms with van der Waals surface area (Å²) >= 11 is 5.48. The predicted molar refractivity (Wildman–Crippen MR) is 81.8 cm³/mol. The van der Waals surface area contributed by atoms with Crippen LogP contribution in [-0.4, -0.2) is 30.4 Å². The molecule has 1 heterocycles. The van der Waals surface area contributed by atoms with Crippen LogP contribution >= 0.6 is 12.2 Å². The molecule has 1 fully saturated rings. The number of aromatic nitrogens is 2. The molecule has 1 aromatic heterocycles. The van der Waals surface area contributed by atoms with Gasteiger partial charge in [-0.15, -0.1) is 0 Å². The quantitative estimate of drug-likeness (QED) is 0.828. The van der Waals surface area contributed by atoms with E-state index in [0.717, 1.165) is 41.1 Å². The van der Waals surface area contributed by atoms with Crippen molar-refractivity contribution in [1.82, 2.24) is 9.55 Å². The SMILES string of the molecule is COCCC1(Cn2c(=S)[nH]c3ccc(OC)cc32)CC1. The average Bonchev–Trinajstić information content (AvgIpc) is 3.16. The van der Waals surface area contributed by atoms with Crippen molar-refractivity contribution < 1.29 is 9.47 Å². The molecule has 0 bridgehead atoms. The molecule has 2 aromatic rings. The van der Waals surface area contributed by atoms with Gasteiger partial charge < -0.3 is 19.0 Å². The van der Waals surface area contributed by atoms with Crippen LogP contribution in [0.5, 0.6) is 5.75 Å². The van der Waals surface area contributed by atoms with Crippen molar-refractivity contribution in [2.45, 2.75) is 25.8 Å². The molecule has 0 spiro atoms. The Kier molecular flexibility index (Phi) is 3.56. The van der Waals surface area contributed by atoms with E-state index in [0.29, 0.717) is 5.41 Å². The maximum atomic E-state index is 5.48. The molecule has 0 unspecified atom stereocenters. The lowest BCUT2D eigenvalue weighted by Crippen LogP contribution is -2.14. The Morgan fingerprint density at radius 2 is 2.15 bits per heavy atom. The molecule has 1 aliphatic rings. The van der Waals surface area contributed by atoms with Gasteiger partial charge in [-0.25, -0.2) is 0 Å². The second-order valence-corrected chi connectivity index (χ2v) is 6.03. The summed E-state index contributed by atoms with van der Waals surface area (Å²) in [6.45, 7) is 1.78. The number of H-pyrrole nitrogens is 1. The van der Waals surface area contributed by atoms with E-state index in [1.54, 1.807) is 14.2 Å². The molecule has 108 valence electrons. The van der Waals surface area contributed by atoms with Crippen LogP contribution in [0.4, 0.5) is 0 Å². The van der Waals surface area contributed by atoms with E-state index >= 15 is 0 Å². The zero-order valence-electron chi connectivity index (χ0n) is 11.9. The summed E-state index contributed by atoms with van der Waals surface area (Å²) in [5.41, 5.74) is 2.56. The van der Waals surface area contributed by atoms with Crippen molar-refractivity contribution in [2.24, 2.45) is 5.41 Å². The number of fused-ring (bicyclic) bond motifs is 1. The molecule has 1 N–H and O–H groups in total. The lowest BCUT2D eigenvalue weighted by molar-refractivity contribution is 0.167. The molecule has 1 aliphatic carbocycles. The fourth-order valence-electron chi connectivity index (χ4n) is 2.73. The van der Waals surface area contributed by atoms with Gasteiger partial charge in [0.05, 0.1) is 18.1 Å². The van der Waals surface area contributed by atoms with E-state index in [2.05, 4.69) is 9.55 Å². The number of rotatable bonds is 6. The highest BCUT2D eigenvalue weighted by molar-refractivity contribution is 7.71. The number of hydrogen-bond donors (Lipinski definition) is 1. The normalized spacial score (nSPS) is 16.5. The molecule has 0 saturated heterocycles. The van der Waals surface area contributed by atoms with Crippen molar-refractivity contribution >= 4 is 23.3 Å². The Balaban J connectivity index is 1.94. The highest BCUT2D eigenvalue weighted by Crippen LogP contribution is 2.50. The topological polar surface area (TPSA) is 39.2 Å². The van der Waals surface area contributed by atoms with E-state index in [-0.39, 0.29) is 0 Å². The Morgan fingerprint density at radius 3 is 2.80 bits per heavy atom. The summed E-state index contributed by atoms with van der Waals surface area (Å²) in [5, 5.41) is 0. The Hall–Kier alpha value is -1.33. The number of methoxy groups -OCH3 is 2. The zero-order valence-corrected chi connectivity index (χ0v) is 12.8. The van der Waals surface area contributed by atoms with Gasteiger partial charge in [0.2, 0.25) is 0 Å². The fraction of sp³-hybridized carbons (Fsp3) is 0.533. The minimum Gasteiger partial charge on any atom is -0.497 e. The number of nitrogens with zero attached hydrogens (tertiary/aromatic N) is 1. The van der Waals surface area contributed by atoms with Crippen LogP contribution < -0.4 is 4.74 Å². The molecule has 20 heavy (non-hydrogen) atoms. The molecular formula is C15H20N2O2S. The molecular weight excluding hydrogens is 272 g/mol. The lowest BCUT2D eigenvalue weighted by atomic mass is 10.0. The van der Waals surface area contributed by atoms with Crippen molar-refractivity contribution in [3.8, 4) is 5.75 Å². The van der Waals surface area contributed by atoms with Crippen LogP contribution in [0, 0.1) is 10.2 Å². The van der Waals surface area contributed by atoms with Crippen molar-refractivity contribution in [3.63, 3.8) is 0 Å². The number of benzene rings is 1. The summed E-state index contributed by atoms with van der Waals surface area (Å²) in [5.74, 6) is 0.863. The second-order valence-electron chi connectivity index (χ2n) is 5.64. The van der Waals surface area contributed by atoms with Gasteiger partial charge in [-0.2, -0.15) is 0 Å². The van der Waals surface area contributed by atoms with E-state index < -0.39 is 0 Å². The molecule has 0 atom stereocenters. The lowest BCUT2D eigenvalue weighted by Gasteiger charge is -2.16. The smallest absolute Gasteiger partial charge is 0.178 e. The molecule has 5 heteroatoms. The first-order valence-corrected chi connectivity index (χ1v) is 7.34. The molecule has 1 saturated carbocycles. The number of nitrogens with one attached hydrogen (secondary N) is 1. The summed E-state index contributed by atoms with van der Waals surface area (Å²) < 4.78 is 13.5.